The molecule has 0 amide bonds. The van der Waals surface area contributed by atoms with E-state index in [4.69, 9.17) is 16.3 Å². The Morgan fingerprint density at radius 1 is 1.05 bits per heavy atom. The van der Waals surface area contributed by atoms with Gasteiger partial charge in [-0.1, -0.05) is 49.6 Å². The molecule has 0 radical (unpaired) electrons. The number of hydrogen-bond acceptors (Lipinski definition) is 1. The number of alkyl halides is 1. The number of rotatable bonds is 3. The summed E-state index contributed by atoms with van der Waals surface area (Å²) in [4.78, 5) is 0. The van der Waals surface area contributed by atoms with Gasteiger partial charge in [0.2, 0.25) is 0 Å². The molecule has 0 fully saturated rings. The van der Waals surface area contributed by atoms with Crippen molar-refractivity contribution < 1.29 is 4.74 Å². The Kier molecular flexibility index (Phi) is 4.93. The molecule has 2 aromatic rings. The molecule has 0 aliphatic rings. The highest BCUT2D eigenvalue weighted by atomic mass is 79.9. The van der Waals surface area contributed by atoms with E-state index in [1.165, 1.54) is 0 Å². The minimum absolute atomic E-state index is 0.262. The average molecular weight is 405 g/mol. The van der Waals surface area contributed by atoms with Crippen LogP contribution < -0.4 is 4.74 Å². The van der Waals surface area contributed by atoms with Crippen LogP contribution in [0.15, 0.2) is 45.3 Å². The second kappa shape index (κ2) is 6.29. The number of hydrogen-bond donors (Lipinski definition) is 0. The Morgan fingerprint density at radius 2 is 1.79 bits per heavy atom. The molecule has 0 heterocycles. The first kappa shape index (κ1) is 14.9. The highest BCUT2D eigenvalue weighted by Gasteiger charge is 2.18. The van der Waals surface area contributed by atoms with Crippen molar-refractivity contribution in [3.05, 3.63) is 62.0 Å². The van der Waals surface area contributed by atoms with Gasteiger partial charge in [-0.05, 0) is 36.8 Å². The molecule has 4 heteroatoms. The smallest absolute Gasteiger partial charge is 0.123 e. The lowest BCUT2D eigenvalue weighted by Crippen LogP contribution is -1.99. The van der Waals surface area contributed by atoms with Gasteiger partial charge >= 0.3 is 0 Å². The van der Waals surface area contributed by atoms with Gasteiger partial charge in [-0.3, -0.25) is 0 Å². The standard InChI is InChI=1S/C15H13Br2ClO/c1-9-3-6-14(19-2)12(7-9)15(18)11-8-10(16)4-5-13(11)17/h3-8,15H,1-2H3. The minimum atomic E-state index is -0.262. The van der Waals surface area contributed by atoms with Gasteiger partial charge in [-0.2, -0.15) is 0 Å². The minimum Gasteiger partial charge on any atom is -0.496 e. The van der Waals surface area contributed by atoms with Crippen molar-refractivity contribution in [1.82, 2.24) is 0 Å². The number of halogens is 3. The third kappa shape index (κ3) is 3.33. The number of aryl methyl sites for hydroxylation is 1. The zero-order valence-electron chi connectivity index (χ0n) is 10.6. The second-order valence-corrected chi connectivity index (χ2v) is 6.48. The van der Waals surface area contributed by atoms with Crippen LogP contribution in [0.2, 0.25) is 0 Å². The lowest BCUT2D eigenvalue weighted by Gasteiger charge is -2.16. The molecule has 0 spiro atoms. The van der Waals surface area contributed by atoms with E-state index >= 15 is 0 Å². The largest absolute Gasteiger partial charge is 0.496 e. The molecule has 19 heavy (non-hydrogen) atoms. The van der Waals surface area contributed by atoms with E-state index in [1.54, 1.807) is 7.11 Å². The summed E-state index contributed by atoms with van der Waals surface area (Å²) >= 11 is 13.7. The molecule has 0 N–H and O–H groups in total. The SMILES string of the molecule is COc1ccc(C)cc1C(Cl)c1cc(Br)ccc1Br. The van der Waals surface area contributed by atoms with Gasteiger partial charge in [0.05, 0.1) is 12.5 Å². The fourth-order valence-electron chi connectivity index (χ4n) is 1.93. The van der Waals surface area contributed by atoms with Crippen LogP contribution in [-0.4, -0.2) is 7.11 Å². The molecule has 0 saturated carbocycles. The first-order valence-corrected chi connectivity index (χ1v) is 7.78. The quantitative estimate of drug-likeness (QED) is 0.583. The van der Waals surface area contributed by atoms with E-state index in [0.717, 1.165) is 31.4 Å². The molecular formula is C15H13Br2ClO. The van der Waals surface area contributed by atoms with Gasteiger partial charge in [0.15, 0.2) is 0 Å². The molecule has 1 nitrogen and oxygen atoms in total. The van der Waals surface area contributed by atoms with Crippen molar-refractivity contribution in [2.75, 3.05) is 7.11 Å². The maximum absolute atomic E-state index is 6.63. The van der Waals surface area contributed by atoms with Crippen molar-refractivity contribution in [2.45, 2.75) is 12.3 Å². The van der Waals surface area contributed by atoms with Gasteiger partial charge in [-0.15, -0.1) is 11.6 Å². The van der Waals surface area contributed by atoms with E-state index < -0.39 is 0 Å². The van der Waals surface area contributed by atoms with Gasteiger partial charge in [0.1, 0.15) is 5.75 Å². The molecule has 2 rings (SSSR count). The molecule has 100 valence electrons. The fraction of sp³-hybridized carbons (Fsp3) is 0.200. The van der Waals surface area contributed by atoms with Gasteiger partial charge in [0, 0.05) is 14.5 Å². The van der Waals surface area contributed by atoms with Crippen LogP contribution in [-0.2, 0) is 0 Å². The monoisotopic (exact) mass is 402 g/mol. The van der Waals surface area contributed by atoms with E-state index in [1.807, 2.05) is 37.3 Å². The Morgan fingerprint density at radius 3 is 2.47 bits per heavy atom. The van der Waals surface area contributed by atoms with Crippen LogP contribution in [0.3, 0.4) is 0 Å². The topological polar surface area (TPSA) is 9.23 Å². The maximum atomic E-state index is 6.63. The summed E-state index contributed by atoms with van der Waals surface area (Å²) in [7, 11) is 1.66. The van der Waals surface area contributed by atoms with Crippen LogP contribution in [0.4, 0.5) is 0 Å². The molecule has 0 aliphatic carbocycles. The summed E-state index contributed by atoms with van der Waals surface area (Å²) in [6.45, 7) is 2.04. The normalized spacial score (nSPS) is 12.3. The average Bonchev–Trinajstić information content (AvgIpc) is 2.40. The Bertz CT molecular complexity index is 599. The second-order valence-electron chi connectivity index (χ2n) is 4.27. The first-order valence-electron chi connectivity index (χ1n) is 5.76. The lowest BCUT2D eigenvalue weighted by atomic mass is 10.0. The van der Waals surface area contributed by atoms with Crippen LogP contribution in [0.1, 0.15) is 22.1 Å². The van der Waals surface area contributed by atoms with Gasteiger partial charge in [0.25, 0.3) is 0 Å². The molecular weight excluding hydrogens is 391 g/mol. The van der Waals surface area contributed by atoms with E-state index in [9.17, 15) is 0 Å². The molecule has 2 aromatic carbocycles. The molecule has 1 unspecified atom stereocenters. The summed E-state index contributed by atoms with van der Waals surface area (Å²) in [5, 5.41) is -0.262. The Hall–Kier alpha value is -0.510. The summed E-state index contributed by atoms with van der Waals surface area (Å²) in [5.41, 5.74) is 3.15. The highest BCUT2D eigenvalue weighted by Crippen LogP contribution is 2.39. The predicted molar refractivity (Wildman–Crippen MR) is 87.3 cm³/mol. The van der Waals surface area contributed by atoms with Crippen molar-refractivity contribution >= 4 is 43.5 Å². The molecule has 0 aromatic heterocycles. The molecule has 0 saturated heterocycles. The van der Waals surface area contributed by atoms with Crippen molar-refractivity contribution in [2.24, 2.45) is 0 Å². The molecule has 0 aliphatic heterocycles. The third-order valence-corrected chi connectivity index (χ3v) is 4.57. The predicted octanol–water partition coefficient (Wildman–Crippen LogP) is 5.86. The van der Waals surface area contributed by atoms with Crippen molar-refractivity contribution in [3.63, 3.8) is 0 Å². The van der Waals surface area contributed by atoms with Crippen LogP contribution >= 0.6 is 43.5 Å². The van der Waals surface area contributed by atoms with Crippen molar-refractivity contribution in [1.29, 1.82) is 0 Å². The number of benzene rings is 2. The number of ether oxygens (including phenoxy) is 1. The molecule has 0 bridgehead atoms. The summed E-state index contributed by atoms with van der Waals surface area (Å²) in [6, 6.07) is 12.0. The highest BCUT2D eigenvalue weighted by molar-refractivity contribution is 9.11. The Labute approximate surface area is 135 Å². The molecule has 1 atom stereocenters. The Balaban J connectivity index is 2.51. The van der Waals surface area contributed by atoms with Crippen LogP contribution in [0, 0.1) is 6.92 Å². The first-order chi connectivity index (χ1) is 9.02. The van der Waals surface area contributed by atoms with E-state index in [-0.39, 0.29) is 5.38 Å². The maximum Gasteiger partial charge on any atom is 0.123 e. The van der Waals surface area contributed by atoms with Crippen molar-refractivity contribution in [3.8, 4) is 5.75 Å². The zero-order chi connectivity index (χ0) is 14.0. The van der Waals surface area contributed by atoms with E-state index in [0.29, 0.717) is 0 Å². The van der Waals surface area contributed by atoms with Gasteiger partial charge in [-0.25, -0.2) is 0 Å². The fourth-order valence-corrected chi connectivity index (χ4v) is 3.27. The van der Waals surface area contributed by atoms with E-state index in [2.05, 4.69) is 37.9 Å². The zero-order valence-corrected chi connectivity index (χ0v) is 14.5. The van der Waals surface area contributed by atoms with Crippen LogP contribution in [0.5, 0.6) is 5.75 Å². The summed E-state index contributed by atoms with van der Waals surface area (Å²) in [5.74, 6) is 0.803. The third-order valence-electron chi connectivity index (χ3n) is 2.89. The van der Waals surface area contributed by atoms with Crippen LogP contribution in [0.25, 0.3) is 0 Å². The lowest BCUT2D eigenvalue weighted by molar-refractivity contribution is 0.410. The van der Waals surface area contributed by atoms with Gasteiger partial charge < -0.3 is 4.74 Å². The summed E-state index contributed by atoms with van der Waals surface area (Å²) in [6.07, 6.45) is 0. The number of methoxy groups -OCH3 is 1. The summed E-state index contributed by atoms with van der Waals surface area (Å²) < 4.78 is 7.39.